The van der Waals surface area contributed by atoms with Crippen LogP contribution in [0.25, 0.3) is 0 Å². The molecule has 11 heavy (non-hydrogen) atoms. The quantitative estimate of drug-likeness (QED) is 0.331. The third-order valence-corrected chi connectivity index (χ3v) is 1.65. The minimum Gasteiger partial charge on any atom is -0.748 e. The number of hydrogen-bond acceptors (Lipinski definition) is 5. The first-order chi connectivity index (χ1) is 4.45. The molecule has 1 unspecified atom stereocenters. The van der Waals surface area contributed by atoms with Crippen LogP contribution in [0.5, 0.6) is 0 Å². The molecule has 0 heterocycles. The molecule has 0 aliphatic heterocycles. The Labute approximate surface area is 77.3 Å². The largest absolute Gasteiger partial charge is 1.00 e. The van der Waals surface area contributed by atoms with E-state index in [1.165, 1.54) is 0 Å². The zero-order chi connectivity index (χ0) is 8.20. The van der Waals surface area contributed by atoms with Gasteiger partial charge in [-0.05, 0) is 6.42 Å². The van der Waals surface area contributed by atoms with Gasteiger partial charge in [0, 0.05) is 5.75 Å². The molecule has 0 saturated carbocycles. The van der Waals surface area contributed by atoms with E-state index in [1.54, 1.807) is 0 Å². The minimum absolute atomic E-state index is 0. The van der Waals surface area contributed by atoms with Gasteiger partial charge in [0.25, 0.3) is 0 Å². The third kappa shape index (κ3) is 10.4. The molecule has 0 spiro atoms. The second-order valence-corrected chi connectivity index (χ2v) is 3.41. The fraction of sp³-hybridized carbons (Fsp3) is 1.00. The molecule has 0 saturated heterocycles. The van der Waals surface area contributed by atoms with Gasteiger partial charge < -0.3 is 14.8 Å². The van der Waals surface area contributed by atoms with Crippen molar-refractivity contribution in [2.24, 2.45) is 0 Å². The van der Waals surface area contributed by atoms with Gasteiger partial charge in [0.1, 0.15) is 0 Å². The van der Waals surface area contributed by atoms with Crippen molar-refractivity contribution in [2.75, 3.05) is 12.4 Å². The van der Waals surface area contributed by atoms with Crippen LogP contribution in [-0.4, -0.2) is 41.6 Å². The molecule has 1 atom stereocenters. The number of hydrogen-bond donors (Lipinski definition) is 2. The summed E-state index contributed by atoms with van der Waals surface area (Å²) in [5.74, 6) is -0.630. The van der Waals surface area contributed by atoms with Gasteiger partial charge in [-0.3, -0.25) is 0 Å². The molecule has 0 aliphatic carbocycles. The van der Waals surface area contributed by atoms with Gasteiger partial charge in [-0.25, -0.2) is 8.42 Å². The van der Waals surface area contributed by atoms with Gasteiger partial charge in [-0.2, -0.15) is 0 Å². The van der Waals surface area contributed by atoms with Gasteiger partial charge in [0.2, 0.25) is 0 Å². The molecule has 0 fully saturated rings. The van der Waals surface area contributed by atoms with E-state index < -0.39 is 28.6 Å². The molecular formula is C4H9LiO5S. The Balaban J connectivity index is 0. The van der Waals surface area contributed by atoms with Crippen molar-refractivity contribution in [1.29, 1.82) is 0 Å². The molecule has 62 valence electrons. The van der Waals surface area contributed by atoms with Crippen LogP contribution in [0.4, 0.5) is 0 Å². The van der Waals surface area contributed by atoms with Crippen LogP contribution in [0.3, 0.4) is 0 Å². The maximum atomic E-state index is 9.90. The van der Waals surface area contributed by atoms with Crippen LogP contribution >= 0.6 is 0 Å². The summed E-state index contributed by atoms with van der Waals surface area (Å²) in [4.78, 5) is 0. The van der Waals surface area contributed by atoms with Crippen LogP contribution in [0.1, 0.15) is 6.42 Å². The molecule has 0 aromatic rings. The number of rotatable bonds is 4. The van der Waals surface area contributed by atoms with Gasteiger partial charge in [0.05, 0.1) is 22.8 Å². The Morgan fingerprint density at radius 3 is 2.18 bits per heavy atom. The van der Waals surface area contributed by atoms with Crippen LogP contribution in [-0.2, 0) is 10.1 Å². The van der Waals surface area contributed by atoms with E-state index in [-0.39, 0.29) is 25.3 Å². The van der Waals surface area contributed by atoms with Gasteiger partial charge in [0.15, 0.2) is 0 Å². The first-order valence-electron chi connectivity index (χ1n) is 2.68. The Morgan fingerprint density at radius 2 is 1.91 bits per heavy atom. The van der Waals surface area contributed by atoms with E-state index in [2.05, 4.69) is 0 Å². The van der Waals surface area contributed by atoms with Gasteiger partial charge >= 0.3 is 18.9 Å². The first kappa shape index (κ1) is 14.0. The fourth-order valence-corrected chi connectivity index (χ4v) is 0.932. The standard InChI is InChI=1S/C4H10O5S.Li/c5-3-4(6)1-2-10(7,8)9;/h4-6H,1-3H2,(H,7,8,9);/q;+1/p-1. The molecule has 0 amide bonds. The van der Waals surface area contributed by atoms with E-state index >= 15 is 0 Å². The summed E-state index contributed by atoms with van der Waals surface area (Å²) in [6, 6.07) is 0. The average molecular weight is 176 g/mol. The van der Waals surface area contributed by atoms with Crippen LogP contribution in [0.15, 0.2) is 0 Å². The van der Waals surface area contributed by atoms with Crippen molar-refractivity contribution in [3.63, 3.8) is 0 Å². The second-order valence-electron chi connectivity index (χ2n) is 1.89. The summed E-state index contributed by atoms with van der Waals surface area (Å²) in [5, 5.41) is 16.8. The fourth-order valence-electron chi connectivity index (χ4n) is 0.372. The first-order valence-corrected chi connectivity index (χ1v) is 4.26. The Morgan fingerprint density at radius 1 is 1.45 bits per heavy atom. The molecular weight excluding hydrogens is 167 g/mol. The number of aliphatic hydroxyl groups excluding tert-OH is 2. The molecule has 7 heteroatoms. The maximum absolute atomic E-state index is 9.90. The molecule has 2 N–H and O–H groups in total. The van der Waals surface area contributed by atoms with E-state index in [1.807, 2.05) is 0 Å². The van der Waals surface area contributed by atoms with Gasteiger partial charge in [-0.1, -0.05) is 0 Å². The van der Waals surface area contributed by atoms with Crippen molar-refractivity contribution in [2.45, 2.75) is 12.5 Å². The van der Waals surface area contributed by atoms with Gasteiger partial charge in [-0.15, -0.1) is 0 Å². The summed E-state index contributed by atoms with van der Waals surface area (Å²) >= 11 is 0. The monoisotopic (exact) mass is 176 g/mol. The van der Waals surface area contributed by atoms with Crippen molar-refractivity contribution < 1.29 is 42.0 Å². The summed E-state index contributed by atoms with van der Waals surface area (Å²) in [6.45, 7) is -0.518. The molecule has 0 bridgehead atoms. The van der Waals surface area contributed by atoms with E-state index in [9.17, 15) is 13.0 Å². The smallest absolute Gasteiger partial charge is 0.748 e. The zero-order valence-corrected chi connectivity index (χ0v) is 7.04. The third-order valence-electron chi connectivity index (χ3n) is 0.912. The average Bonchev–Trinajstić information content (AvgIpc) is 1.81. The normalized spacial score (nSPS) is 13.7. The Bertz CT molecular complexity index is 177. The molecule has 0 rings (SSSR count). The van der Waals surface area contributed by atoms with Crippen LogP contribution in [0.2, 0.25) is 0 Å². The molecule has 0 aliphatic rings. The second kappa shape index (κ2) is 6.00. The van der Waals surface area contributed by atoms with Crippen LogP contribution < -0.4 is 18.9 Å². The zero-order valence-electron chi connectivity index (χ0n) is 6.23. The summed E-state index contributed by atoms with van der Waals surface area (Å²) in [5.41, 5.74) is 0. The van der Waals surface area contributed by atoms with E-state index in [0.29, 0.717) is 0 Å². The van der Waals surface area contributed by atoms with E-state index in [0.717, 1.165) is 0 Å². The molecule has 0 radical (unpaired) electrons. The van der Waals surface area contributed by atoms with Crippen molar-refractivity contribution in [3.05, 3.63) is 0 Å². The topological polar surface area (TPSA) is 97.7 Å². The predicted octanol–water partition coefficient (Wildman–Crippen LogP) is -4.72. The summed E-state index contributed by atoms with van der Waals surface area (Å²) in [7, 11) is -4.25. The Kier molecular flexibility index (Phi) is 7.63. The molecule has 0 aromatic carbocycles. The van der Waals surface area contributed by atoms with E-state index in [4.69, 9.17) is 10.2 Å². The van der Waals surface area contributed by atoms with Crippen LogP contribution in [0, 0.1) is 0 Å². The SMILES string of the molecule is O=S(=O)([O-])CCC(O)CO.[Li+]. The molecule has 5 nitrogen and oxygen atoms in total. The summed E-state index contributed by atoms with van der Waals surface area (Å²) < 4.78 is 29.7. The van der Waals surface area contributed by atoms with Crippen molar-refractivity contribution in [1.82, 2.24) is 0 Å². The predicted molar refractivity (Wildman–Crippen MR) is 32.3 cm³/mol. The van der Waals surface area contributed by atoms with Crippen molar-refractivity contribution in [3.8, 4) is 0 Å². The number of aliphatic hydroxyl groups is 2. The molecule has 0 aromatic heterocycles. The summed E-state index contributed by atoms with van der Waals surface area (Å²) in [6.07, 6.45) is -1.31. The maximum Gasteiger partial charge on any atom is 1.00 e. The minimum atomic E-state index is -4.25. The van der Waals surface area contributed by atoms with Crippen molar-refractivity contribution >= 4 is 10.1 Å². The Hall–Kier alpha value is 0.427.